The van der Waals surface area contributed by atoms with E-state index in [1.807, 2.05) is 4.72 Å². The Morgan fingerprint density at radius 3 is 2.00 bits per heavy atom. The second-order valence-corrected chi connectivity index (χ2v) is 7.39. The van der Waals surface area contributed by atoms with Gasteiger partial charge in [-0.1, -0.05) is 23.2 Å². The fourth-order valence-corrected chi connectivity index (χ4v) is 3.12. The lowest BCUT2D eigenvalue weighted by Gasteiger charge is -2.09. The second-order valence-electron chi connectivity index (χ2n) is 4.89. The highest BCUT2D eigenvalue weighted by Crippen LogP contribution is 2.25. The Morgan fingerprint density at radius 2 is 1.44 bits per heavy atom. The van der Waals surface area contributed by atoms with E-state index in [9.17, 15) is 18.0 Å². The topological polar surface area (TPSA) is 104 Å². The van der Waals surface area contributed by atoms with Crippen molar-refractivity contribution in [3.8, 4) is 0 Å². The molecule has 2 aromatic rings. The highest BCUT2D eigenvalue weighted by Gasteiger charge is 2.15. The summed E-state index contributed by atoms with van der Waals surface area (Å²) in [4.78, 5) is 22.7. The SMILES string of the molecule is CC(=O)NS(=O)(=O)c1ccc(NC(=O)Nc2ccc(Cl)c(Cl)c2)cc1. The maximum atomic E-state index is 11.9. The van der Waals surface area contributed by atoms with Gasteiger partial charge in [0.1, 0.15) is 0 Å². The summed E-state index contributed by atoms with van der Waals surface area (Å²) in [7, 11) is -3.92. The van der Waals surface area contributed by atoms with Gasteiger partial charge >= 0.3 is 6.03 Å². The molecule has 7 nitrogen and oxygen atoms in total. The predicted octanol–water partition coefficient (Wildman–Crippen LogP) is 3.46. The van der Waals surface area contributed by atoms with Gasteiger partial charge in [-0.2, -0.15) is 0 Å². The van der Waals surface area contributed by atoms with Crippen LogP contribution in [0.2, 0.25) is 10.0 Å². The highest BCUT2D eigenvalue weighted by molar-refractivity contribution is 7.90. The summed E-state index contributed by atoms with van der Waals surface area (Å²) in [5.74, 6) is -0.691. The number of benzene rings is 2. The summed E-state index contributed by atoms with van der Waals surface area (Å²) in [6.45, 7) is 1.10. The molecule has 3 amide bonds. The van der Waals surface area contributed by atoms with Crippen LogP contribution in [0.3, 0.4) is 0 Å². The number of amides is 3. The normalized spacial score (nSPS) is 10.8. The van der Waals surface area contributed by atoms with Crippen molar-refractivity contribution >= 4 is 56.5 Å². The summed E-state index contributed by atoms with van der Waals surface area (Å²) in [5.41, 5.74) is 0.802. The van der Waals surface area contributed by atoms with Gasteiger partial charge in [-0.05, 0) is 42.5 Å². The molecule has 0 aliphatic heterocycles. The Kier molecular flexibility index (Phi) is 5.89. The van der Waals surface area contributed by atoms with Crippen molar-refractivity contribution in [1.29, 1.82) is 0 Å². The van der Waals surface area contributed by atoms with Gasteiger partial charge in [0.25, 0.3) is 10.0 Å². The predicted molar refractivity (Wildman–Crippen MR) is 96.5 cm³/mol. The van der Waals surface area contributed by atoms with Gasteiger partial charge < -0.3 is 10.6 Å². The molecule has 25 heavy (non-hydrogen) atoms. The highest BCUT2D eigenvalue weighted by atomic mass is 35.5. The van der Waals surface area contributed by atoms with Gasteiger partial charge in [-0.25, -0.2) is 17.9 Å². The third kappa shape index (κ3) is 5.35. The van der Waals surface area contributed by atoms with E-state index in [0.29, 0.717) is 21.4 Å². The summed E-state index contributed by atoms with van der Waals surface area (Å²) >= 11 is 11.7. The van der Waals surface area contributed by atoms with Gasteiger partial charge in [-0.15, -0.1) is 0 Å². The van der Waals surface area contributed by atoms with Crippen molar-refractivity contribution in [2.24, 2.45) is 0 Å². The molecule has 0 saturated carbocycles. The van der Waals surface area contributed by atoms with Gasteiger partial charge in [0, 0.05) is 18.3 Å². The average Bonchev–Trinajstić information content (AvgIpc) is 2.50. The molecule has 0 atom stereocenters. The molecule has 0 radical (unpaired) electrons. The molecular weight excluding hydrogens is 389 g/mol. The average molecular weight is 402 g/mol. The van der Waals surface area contributed by atoms with E-state index in [1.165, 1.54) is 30.3 Å². The number of halogens is 2. The first kappa shape index (κ1) is 19.0. The fourth-order valence-electron chi connectivity index (χ4n) is 1.83. The Morgan fingerprint density at radius 1 is 0.880 bits per heavy atom. The first-order valence-corrected chi connectivity index (χ1v) is 9.08. The lowest BCUT2D eigenvalue weighted by molar-refractivity contribution is -0.117. The molecule has 0 unspecified atom stereocenters. The van der Waals surface area contributed by atoms with Gasteiger partial charge in [-0.3, -0.25) is 4.79 Å². The molecule has 2 rings (SSSR count). The molecule has 0 spiro atoms. The van der Waals surface area contributed by atoms with Crippen LogP contribution >= 0.6 is 23.2 Å². The van der Waals surface area contributed by atoms with Crippen LogP contribution < -0.4 is 15.4 Å². The minimum atomic E-state index is -3.92. The molecule has 3 N–H and O–H groups in total. The zero-order valence-electron chi connectivity index (χ0n) is 12.8. The van der Waals surface area contributed by atoms with E-state index in [0.717, 1.165) is 6.92 Å². The van der Waals surface area contributed by atoms with Crippen molar-refractivity contribution in [3.63, 3.8) is 0 Å². The zero-order chi connectivity index (χ0) is 18.6. The van der Waals surface area contributed by atoms with E-state index in [-0.39, 0.29) is 4.90 Å². The van der Waals surface area contributed by atoms with Crippen molar-refractivity contribution in [2.45, 2.75) is 11.8 Å². The molecule has 10 heteroatoms. The lowest BCUT2D eigenvalue weighted by Crippen LogP contribution is -2.28. The van der Waals surface area contributed by atoms with Crippen LogP contribution in [0.15, 0.2) is 47.4 Å². The molecule has 0 aliphatic carbocycles. The van der Waals surface area contributed by atoms with Gasteiger partial charge in [0.05, 0.1) is 14.9 Å². The number of carbonyl (C=O) groups excluding carboxylic acids is 2. The number of nitrogens with one attached hydrogen (secondary N) is 3. The third-order valence-corrected chi connectivity index (χ3v) is 5.07. The number of carbonyl (C=O) groups is 2. The molecule has 0 fully saturated rings. The number of sulfonamides is 1. The van der Waals surface area contributed by atoms with Crippen LogP contribution in [0.5, 0.6) is 0 Å². The Labute approximate surface area is 154 Å². The monoisotopic (exact) mass is 401 g/mol. The van der Waals surface area contributed by atoms with E-state index in [2.05, 4.69) is 10.6 Å². The Balaban J connectivity index is 2.04. The van der Waals surface area contributed by atoms with E-state index < -0.39 is 22.0 Å². The van der Waals surface area contributed by atoms with Crippen LogP contribution in [0.1, 0.15) is 6.92 Å². The number of rotatable bonds is 4. The van der Waals surface area contributed by atoms with Gasteiger partial charge in [0.15, 0.2) is 0 Å². The summed E-state index contributed by atoms with van der Waals surface area (Å²) in [5, 5.41) is 5.76. The minimum Gasteiger partial charge on any atom is -0.308 e. The largest absolute Gasteiger partial charge is 0.323 e. The van der Waals surface area contributed by atoms with E-state index in [1.54, 1.807) is 12.1 Å². The first-order chi connectivity index (χ1) is 11.7. The van der Waals surface area contributed by atoms with Crippen LogP contribution in [-0.4, -0.2) is 20.4 Å². The Hall–Kier alpha value is -2.29. The van der Waals surface area contributed by atoms with E-state index in [4.69, 9.17) is 23.2 Å². The summed E-state index contributed by atoms with van der Waals surface area (Å²) in [6, 6.07) is 9.38. The molecule has 2 aromatic carbocycles. The van der Waals surface area contributed by atoms with Crippen LogP contribution in [-0.2, 0) is 14.8 Å². The molecule has 0 bridgehead atoms. The van der Waals surface area contributed by atoms with Crippen molar-refractivity contribution < 1.29 is 18.0 Å². The molecule has 0 saturated heterocycles. The van der Waals surface area contributed by atoms with E-state index >= 15 is 0 Å². The number of urea groups is 1. The summed E-state index contributed by atoms with van der Waals surface area (Å²) < 4.78 is 25.5. The van der Waals surface area contributed by atoms with Crippen molar-refractivity contribution in [2.75, 3.05) is 10.6 Å². The standard InChI is InChI=1S/C15H13Cl2N3O4S/c1-9(21)20-25(23,24)12-5-2-10(3-6-12)18-15(22)19-11-4-7-13(16)14(17)8-11/h2-8H,1H3,(H,20,21)(H2,18,19,22). The molecule has 132 valence electrons. The number of hydrogen-bond acceptors (Lipinski definition) is 4. The quantitative estimate of drug-likeness (QED) is 0.729. The molecule has 0 heterocycles. The van der Waals surface area contributed by atoms with Crippen LogP contribution in [0.25, 0.3) is 0 Å². The fraction of sp³-hybridized carbons (Fsp3) is 0.0667. The molecular formula is C15H13Cl2N3O4S. The molecule has 0 aromatic heterocycles. The maximum Gasteiger partial charge on any atom is 0.323 e. The summed E-state index contributed by atoms with van der Waals surface area (Å²) in [6.07, 6.45) is 0. The minimum absolute atomic E-state index is 0.0989. The van der Waals surface area contributed by atoms with Gasteiger partial charge in [0.2, 0.25) is 5.91 Å². The van der Waals surface area contributed by atoms with Crippen molar-refractivity contribution in [3.05, 3.63) is 52.5 Å². The number of anilines is 2. The first-order valence-electron chi connectivity index (χ1n) is 6.84. The van der Waals surface area contributed by atoms with Crippen LogP contribution in [0, 0.1) is 0 Å². The maximum absolute atomic E-state index is 11.9. The number of hydrogen-bond donors (Lipinski definition) is 3. The van der Waals surface area contributed by atoms with Crippen molar-refractivity contribution in [1.82, 2.24) is 4.72 Å². The lowest BCUT2D eigenvalue weighted by atomic mass is 10.3. The second kappa shape index (κ2) is 7.73. The Bertz CT molecular complexity index is 915. The van der Waals surface area contributed by atoms with Crippen LogP contribution in [0.4, 0.5) is 16.2 Å². The third-order valence-electron chi connectivity index (χ3n) is 2.88. The molecule has 0 aliphatic rings. The smallest absolute Gasteiger partial charge is 0.308 e. The zero-order valence-corrected chi connectivity index (χ0v) is 15.2.